The zero-order valence-electron chi connectivity index (χ0n) is 14.8. The second-order valence-corrected chi connectivity index (χ2v) is 5.29. The van der Waals surface area contributed by atoms with Crippen LogP contribution in [0.5, 0.6) is 11.5 Å². The highest BCUT2D eigenvalue weighted by Crippen LogP contribution is 2.17. The molecule has 0 radical (unpaired) electrons. The SMILES string of the molecule is C=COCOCCc1ccc(OC(=O)c2ccc(OC(=O)C=C)cc2)cc1. The van der Waals surface area contributed by atoms with Crippen LogP contribution in [0.25, 0.3) is 0 Å². The number of benzene rings is 2. The van der Waals surface area contributed by atoms with Gasteiger partial charge in [0.1, 0.15) is 11.5 Å². The quantitative estimate of drug-likeness (QED) is 0.159. The molecule has 6 nitrogen and oxygen atoms in total. The van der Waals surface area contributed by atoms with E-state index in [1.54, 1.807) is 12.1 Å². The van der Waals surface area contributed by atoms with Crippen molar-refractivity contribution in [2.45, 2.75) is 6.42 Å². The molecule has 6 heteroatoms. The molecule has 0 aliphatic carbocycles. The fraction of sp³-hybridized carbons (Fsp3) is 0.143. The molecule has 0 unspecified atom stereocenters. The lowest BCUT2D eigenvalue weighted by Crippen LogP contribution is -2.09. The number of carbonyl (C=O) groups is 2. The maximum Gasteiger partial charge on any atom is 0.343 e. The maximum atomic E-state index is 12.2. The van der Waals surface area contributed by atoms with Crippen LogP contribution in [0, 0.1) is 0 Å². The lowest BCUT2D eigenvalue weighted by molar-refractivity contribution is -0.128. The van der Waals surface area contributed by atoms with Crippen LogP contribution in [0.1, 0.15) is 15.9 Å². The minimum atomic E-state index is -0.566. The molecule has 0 fully saturated rings. The van der Waals surface area contributed by atoms with E-state index >= 15 is 0 Å². The van der Waals surface area contributed by atoms with E-state index in [4.69, 9.17) is 18.9 Å². The Morgan fingerprint density at radius 1 is 0.889 bits per heavy atom. The standard InChI is InChI=1S/C21H20O6/c1-3-20(22)26-18-11-7-17(8-12-18)21(23)27-19-9-5-16(6-10-19)13-14-25-15-24-4-2/h3-12H,1-2,13-15H2. The Hall–Kier alpha value is -3.38. The Labute approximate surface area is 157 Å². The third-order valence-corrected chi connectivity index (χ3v) is 3.41. The van der Waals surface area contributed by atoms with Crippen molar-refractivity contribution < 1.29 is 28.5 Å². The summed E-state index contributed by atoms with van der Waals surface area (Å²) in [5.41, 5.74) is 1.38. The molecule has 0 heterocycles. The van der Waals surface area contributed by atoms with Crippen LogP contribution in [0.3, 0.4) is 0 Å². The van der Waals surface area contributed by atoms with Gasteiger partial charge in [-0.05, 0) is 48.4 Å². The monoisotopic (exact) mass is 368 g/mol. The molecule has 0 saturated carbocycles. The highest BCUT2D eigenvalue weighted by Gasteiger charge is 2.09. The van der Waals surface area contributed by atoms with Crippen molar-refractivity contribution in [2.75, 3.05) is 13.4 Å². The van der Waals surface area contributed by atoms with E-state index in [9.17, 15) is 9.59 Å². The third-order valence-electron chi connectivity index (χ3n) is 3.41. The van der Waals surface area contributed by atoms with Gasteiger partial charge in [0.15, 0.2) is 6.79 Å². The van der Waals surface area contributed by atoms with E-state index in [1.165, 1.54) is 30.5 Å². The Morgan fingerprint density at radius 3 is 2.15 bits per heavy atom. The molecule has 2 aromatic carbocycles. The van der Waals surface area contributed by atoms with Gasteiger partial charge in [0.05, 0.1) is 18.4 Å². The van der Waals surface area contributed by atoms with Gasteiger partial charge in [-0.25, -0.2) is 9.59 Å². The van der Waals surface area contributed by atoms with E-state index in [0.717, 1.165) is 11.6 Å². The molecular weight excluding hydrogens is 348 g/mol. The predicted molar refractivity (Wildman–Crippen MR) is 99.5 cm³/mol. The molecule has 0 aliphatic rings. The molecule has 0 aliphatic heterocycles. The van der Waals surface area contributed by atoms with Gasteiger partial charge < -0.3 is 18.9 Å². The van der Waals surface area contributed by atoms with Gasteiger partial charge in [0.25, 0.3) is 0 Å². The molecule has 0 spiro atoms. The fourth-order valence-electron chi connectivity index (χ4n) is 2.05. The molecule has 0 saturated heterocycles. The van der Waals surface area contributed by atoms with Gasteiger partial charge in [-0.1, -0.05) is 25.3 Å². The maximum absolute atomic E-state index is 12.2. The van der Waals surface area contributed by atoms with Gasteiger partial charge in [-0.15, -0.1) is 0 Å². The summed E-state index contributed by atoms with van der Waals surface area (Å²) in [6.07, 6.45) is 3.09. The predicted octanol–water partition coefficient (Wildman–Crippen LogP) is 3.67. The Bertz CT molecular complexity index is 777. The first-order chi connectivity index (χ1) is 13.1. The third kappa shape index (κ3) is 6.80. The zero-order chi connectivity index (χ0) is 19.5. The van der Waals surface area contributed by atoms with E-state index in [2.05, 4.69) is 13.2 Å². The van der Waals surface area contributed by atoms with E-state index in [1.807, 2.05) is 12.1 Å². The zero-order valence-corrected chi connectivity index (χ0v) is 14.8. The highest BCUT2D eigenvalue weighted by molar-refractivity contribution is 5.91. The van der Waals surface area contributed by atoms with Crippen molar-refractivity contribution in [2.24, 2.45) is 0 Å². The number of hydrogen-bond donors (Lipinski definition) is 0. The summed E-state index contributed by atoms with van der Waals surface area (Å²) in [4.78, 5) is 23.3. The highest BCUT2D eigenvalue weighted by atomic mass is 16.7. The van der Waals surface area contributed by atoms with Gasteiger partial charge in [0, 0.05) is 6.08 Å². The molecule has 0 amide bonds. The van der Waals surface area contributed by atoms with Crippen LogP contribution < -0.4 is 9.47 Å². The average molecular weight is 368 g/mol. The molecule has 2 rings (SSSR count). The second kappa shape index (κ2) is 10.6. The number of esters is 2. The van der Waals surface area contributed by atoms with E-state index < -0.39 is 11.9 Å². The second-order valence-electron chi connectivity index (χ2n) is 5.29. The summed E-state index contributed by atoms with van der Waals surface area (Å²) in [6.45, 7) is 7.42. The summed E-state index contributed by atoms with van der Waals surface area (Å²) >= 11 is 0. The number of rotatable bonds is 10. The fourth-order valence-corrected chi connectivity index (χ4v) is 2.05. The molecule has 0 aromatic heterocycles. The molecular formula is C21H20O6. The minimum absolute atomic E-state index is 0.171. The van der Waals surface area contributed by atoms with E-state index in [0.29, 0.717) is 30.1 Å². The van der Waals surface area contributed by atoms with Crippen molar-refractivity contribution in [1.82, 2.24) is 0 Å². The first-order valence-corrected chi connectivity index (χ1v) is 8.18. The Balaban J connectivity index is 1.85. The molecule has 27 heavy (non-hydrogen) atoms. The van der Waals surface area contributed by atoms with Crippen molar-refractivity contribution in [3.63, 3.8) is 0 Å². The van der Waals surface area contributed by atoms with Gasteiger partial charge in [-0.3, -0.25) is 0 Å². The smallest absolute Gasteiger partial charge is 0.343 e. The molecule has 2 aromatic rings. The molecule has 140 valence electrons. The van der Waals surface area contributed by atoms with Crippen molar-refractivity contribution in [1.29, 1.82) is 0 Å². The normalized spacial score (nSPS) is 9.93. The van der Waals surface area contributed by atoms with Crippen LogP contribution in [-0.4, -0.2) is 25.3 Å². The van der Waals surface area contributed by atoms with Crippen LogP contribution >= 0.6 is 0 Å². The lowest BCUT2D eigenvalue weighted by Gasteiger charge is -2.07. The topological polar surface area (TPSA) is 71.1 Å². The van der Waals surface area contributed by atoms with Crippen molar-refractivity contribution in [3.05, 3.63) is 85.2 Å². The summed E-state index contributed by atoms with van der Waals surface area (Å²) in [5, 5.41) is 0. The summed E-state index contributed by atoms with van der Waals surface area (Å²) < 4.78 is 20.4. The van der Waals surface area contributed by atoms with Gasteiger partial charge >= 0.3 is 11.9 Å². The Kier molecular flexibility index (Phi) is 7.81. The number of hydrogen-bond acceptors (Lipinski definition) is 6. The number of ether oxygens (including phenoxy) is 4. The lowest BCUT2D eigenvalue weighted by atomic mass is 10.1. The van der Waals surface area contributed by atoms with Gasteiger partial charge in [0.2, 0.25) is 0 Å². The summed E-state index contributed by atoms with van der Waals surface area (Å²) in [6, 6.07) is 13.2. The first kappa shape index (κ1) is 19.9. The van der Waals surface area contributed by atoms with Gasteiger partial charge in [-0.2, -0.15) is 0 Å². The molecule has 0 bridgehead atoms. The van der Waals surface area contributed by atoms with Crippen molar-refractivity contribution >= 4 is 11.9 Å². The van der Waals surface area contributed by atoms with E-state index in [-0.39, 0.29) is 6.79 Å². The van der Waals surface area contributed by atoms with Crippen LogP contribution in [0.15, 0.2) is 74.0 Å². The minimum Gasteiger partial charge on any atom is -0.476 e. The van der Waals surface area contributed by atoms with Crippen LogP contribution in [0.4, 0.5) is 0 Å². The van der Waals surface area contributed by atoms with Crippen LogP contribution in [0.2, 0.25) is 0 Å². The number of carbonyl (C=O) groups excluding carboxylic acids is 2. The van der Waals surface area contributed by atoms with Crippen LogP contribution in [-0.2, 0) is 20.7 Å². The first-order valence-electron chi connectivity index (χ1n) is 8.18. The molecule has 0 N–H and O–H groups in total. The largest absolute Gasteiger partial charge is 0.476 e. The average Bonchev–Trinajstić information content (AvgIpc) is 2.69. The Morgan fingerprint density at radius 2 is 1.52 bits per heavy atom. The summed E-state index contributed by atoms with van der Waals surface area (Å²) in [5.74, 6) is -0.318. The summed E-state index contributed by atoms with van der Waals surface area (Å²) in [7, 11) is 0. The van der Waals surface area contributed by atoms with Crippen molar-refractivity contribution in [3.8, 4) is 11.5 Å². The molecule has 0 atom stereocenters.